The van der Waals surface area contributed by atoms with Gasteiger partial charge in [0.2, 0.25) is 0 Å². The summed E-state index contributed by atoms with van der Waals surface area (Å²) in [4.78, 5) is 10.4. The Kier molecular flexibility index (Phi) is 4.08. The molecule has 0 heterocycles. The number of methoxy groups -OCH3 is 2. The Morgan fingerprint density at radius 3 is 2.60 bits per heavy atom. The van der Waals surface area contributed by atoms with Gasteiger partial charge in [0, 0.05) is 25.5 Å². The minimum Gasteiger partial charge on any atom is -0.465 e. The average molecular weight is 211 g/mol. The molecule has 1 rings (SSSR count). The van der Waals surface area contributed by atoms with Gasteiger partial charge in [0.25, 0.3) is 0 Å². The molecular weight excluding hydrogens is 198 g/mol. The summed E-state index contributed by atoms with van der Waals surface area (Å²) in [7, 11) is 3.04. The van der Waals surface area contributed by atoms with Gasteiger partial charge in [-0.1, -0.05) is 12.1 Å². The quantitative estimate of drug-likeness (QED) is 0.748. The summed E-state index contributed by atoms with van der Waals surface area (Å²) in [5.74, 6) is 0. The maximum absolute atomic E-state index is 10.4. The molecule has 0 radical (unpaired) electrons. The van der Waals surface area contributed by atoms with Gasteiger partial charge in [-0.2, -0.15) is 0 Å². The molecule has 15 heavy (non-hydrogen) atoms. The minimum atomic E-state index is -1.10. The molecule has 0 saturated carbocycles. The third-order valence-electron chi connectivity index (χ3n) is 1.84. The number of amides is 1. The van der Waals surface area contributed by atoms with Crippen LogP contribution in [0.25, 0.3) is 0 Å². The largest absolute Gasteiger partial charge is 0.465 e. The molecule has 2 N–H and O–H groups in total. The highest BCUT2D eigenvalue weighted by molar-refractivity contribution is 5.82. The van der Waals surface area contributed by atoms with Gasteiger partial charge < -0.3 is 14.6 Å². The van der Waals surface area contributed by atoms with Crippen LogP contribution in [0.1, 0.15) is 11.9 Å². The predicted octanol–water partition coefficient (Wildman–Crippen LogP) is 2.07. The Bertz CT molecular complexity index is 336. The van der Waals surface area contributed by atoms with E-state index in [-0.39, 0.29) is 0 Å². The van der Waals surface area contributed by atoms with Crippen molar-refractivity contribution in [1.82, 2.24) is 0 Å². The van der Waals surface area contributed by atoms with Crippen LogP contribution >= 0.6 is 0 Å². The molecule has 0 atom stereocenters. The van der Waals surface area contributed by atoms with Crippen LogP contribution in [0.4, 0.5) is 10.5 Å². The van der Waals surface area contributed by atoms with Crippen molar-refractivity contribution in [2.24, 2.45) is 0 Å². The van der Waals surface area contributed by atoms with Crippen molar-refractivity contribution >= 4 is 11.8 Å². The minimum absolute atomic E-state index is 0.485. The third-order valence-corrected chi connectivity index (χ3v) is 1.84. The number of hydrogen-bond acceptors (Lipinski definition) is 3. The summed E-state index contributed by atoms with van der Waals surface area (Å²) in [6.07, 6.45) is -1.58. The van der Waals surface area contributed by atoms with Crippen LogP contribution in [0.2, 0.25) is 0 Å². The van der Waals surface area contributed by atoms with E-state index < -0.39 is 12.4 Å². The molecule has 0 saturated heterocycles. The summed E-state index contributed by atoms with van der Waals surface area (Å²) in [5.41, 5.74) is 1.24. The lowest BCUT2D eigenvalue weighted by molar-refractivity contribution is -0.105. The molecular formula is C10H13NO4. The summed E-state index contributed by atoms with van der Waals surface area (Å²) < 4.78 is 10.1. The van der Waals surface area contributed by atoms with E-state index in [0.717, 1.165) is 5.56 Å². The van der Waals surface area contributed by atoms with Crippen LogP contribution < -0.4 is 5.32 Å². The second-order valence-electron chi connectivity index (χ2n) is 2.86. The Morgan fingerprint density at radius 1 is 1.40 bits per heavy atom. The first-order chi connectivity index (χ1) is 7.17. The van der Waals surface area contributed by atoms with E-state index in [1.54, 1.807) is 24.3 Å². The summed E-state index contributed by atoms with van der Waals surface area (Å²) in [5, 5.41) is 10.8. The molecule has 0 aliphatic rings. The van der Waals surface area contributed by atoms with Crippen molar-refractivity contribution in [1.29, 1.82) is 0 Å². The van der Waals surface area contributed by atoms with Gasteiger partial charge in [-0.15, -0.1) is 0 Å². The van der Waals surface area contributed by atoms with Gasteiger partial charge in [0.15, 0.2) is 6.29 Å². The fraction of sp³-hybridized carbons (Fsp3) is 0.300. The number of carboxylic acid groups (broad SMARTS) is 1. The second kappa shape index (κ2) is 5.33. The summed E-state index contributed by atoms with van der Waals surface area (Å²) in [6.45, 7) is 0. The Morgan fingerprint density at radius 2 is 2.07 bits per heavy atom. The van der Waals surface area contributed by atoms with Gasteiger partial charge in [-0.05, 0) is 12.1 Å². The van der Waals surface area contributed by atoms with E-state index in [1.165, 1.54) is 14.2 Å². The standard InChI is InChI=1S/C10H13NO4/c1-14-9(15-2)7-4-3-5-8(6-7)11-10(12)13/h3-6,9,11H,1-2H3,(H,12,13). The maximum atomic E-state index is 10.4. The highest BCUT2D eigenvalue weighted by Gasteiger charge is 2.09. The molecule has 0 unspecified atom stereocenters. The maximum Gasteiger partial charge on any atom is 0.409 e. The van der Waals surface area contributed by atoms with Crippen LogP contribution in [-0.4, -0.2) is 25.4 Å². The number of benzene rings is 1. The van der Waals surface area contributed by atoms with Crippen LogP contribution in [0.15, 0.2) is 24.3 Å². The summed E-state index contributed by atoms with van der Waals surface area (Å²) in [6, 6.07) is 6.84. The number of ether oxygens (including phenoxy) is 2. The molecule has 1 aromatic rings. The second-order valence-corrected chi connectivity index (χ2v) is 2.86. The number of rotatable bonds is 4. The molecule has 0 aliphatic carbocycles. The molecule has 5 heteroatoms. The zero-order valence-electron chi connectivity index (χ0n) is 8.56. The van der Waals surface area contributed by atoms with Crippen molar-refractivity contribution in [3.8, 4) is 0 Å². The van der Waals surface area contributed by atoms with Gasteiger partial charge in [-0.25, -0.2) is 4.79 Å². The predicted molar refractivity (Wildman–Crippen MR) is 54.8 cm³/mol. The van der Waals surface area contributed by atoms with Gasteiger partial charge >= 0.3 is 6.09 Å². The van der Waals surface area contributed by atoms with Crippen LogP contribution in [-0.2, 0) is 9.47 Å². The molecule has 5 nitrogen and oxygen atoms in total. The van der Waals surface area contributed by atoms with Gasteiger partial charge in [-0.3, -0.25) is 5.32 Å². The van der Waals surface area contributed by atoms with Crippen molar-refractivity contribution in [3.05, 3.63) is 29.8 Å². The number of hydrogen-bond donors (Lipinski definition) is 2. The third kappa shape index (κ3) is 3.23. The number of carbonyl (C=O) groups is 1. The molecule has 1 amide bonds. The molecule has 0 aliphatic heterocycles. The molecule has 1 aromatic carbocycles. The van der Waals surface area contributed by atoms with Crippen molar-refractivity contribution < 1.29 is 19.4 Å². The van der Waals surface area contributed by atoms with E-state index in [0.29, 0.717) is 5.69 Å². The number of nitrogens with one attached hydrogen (secondary N) is 1. The topological polar surface area (TPSA) is 67.8 Å². The van der Waals surface area contributed by atoms with Gasteiger partial charge in [0.05, 0.1) is 0 Å². The zero-order chi connectivity index (χ0) is 11.3. The van der Waals surface area contributed by atoms with E-state index >= 15 is 0 Å². The van der Waals surface area contributed by atoms with Crippen molar-refractivity contribution in [2.45, 2.75) is 6.29 Å². The summed E-state index contributed by atoms with van der Waals surface area (Å²) >= 11 is 0. The first kappa shape index (κ1) is 11.5. The van der Waals surface area contributed by atoms with E-state index in [1.807, 2.05) is 0 Å². The molecule has 82 valence electrons. The van der Waals surface area contributed by atoms with Crippen LogP contribution in [0.3, 0.4) is 0 Å². The van der Waals surface area contributed by atoms with E-state index in [2.05, 4.69) is 5.32 Å². The Labute approximate surface area is 87.6 Å². The zero-order valence-corrected chi connectivity index (χ0v) is 8.56. The fourth-order valence-electron chi connectivity index (χ4n) is 1.25. The molecule has 0 fully saturated rings. The first-order valence-electron chi connectivity index (χ1n) is 4.33. The molecule has 0 spiro atoms. The highest BCUT2D eigenvalue weighted by atomic mass is 16.7. The SMILES string of the molecule is COC(OC)c1cccc(NC(=O)O)c1. The van der Waals surface area contributed by atoms with Gasteiger partial charge in [0.1, 0.15) is 0 Å². The monoisotopic (exact) mass is 211 g/mol. The van der Waals surface area contributed by atoms with E-state index in [9.17, 15) is 4.79 Å². The lowest BCUT2D eigenvalue weighted by atomic mass is 10.2. The van der Waals surface area contributed by atoms with Crippen molar-refractivity contribution in [3.63, 3.8) is 0 Å². The lowest BCUT2D eigenvalue weighted by Crippen LogP contribution is -2.09. The first-order valence-corrected chi connectivity index (χ1v) is 4.33. The smallest absolute Gasteiger partial charge is 0.409 e. The number of anilines is 1. The van der Waals surface area contributed by atoms with Crippen molar-refractivity contribution in [2.75, 3.05) is 19.5 Å². The fourth-order valence-corrected chi connectivity index (χ4v) is 1.25. The molecule has 0 bridgehead atoms. The lowest BCUT2D eigenvalue weighted by Gasteiger charge is -2.14. The Balaban J connectivity index is 2.86. The normalized spacial score (nSPS) is 10.3. The molecule has 0 aromatic heterocycles. The Hall–Kier alpha value is -1.59. The average Bonchev–Trinajstić information content (AvgIpc) is 2.19. The highest BCUT2D eigenvalue weighted by Crippen LogP contribution is 2.20. The van der Waals surface area contributed by atoms with Crippen LogP contribution in [0.5, 0.6) is 0 Å². The van der Waals surface area contributed by atoms with E-state index in [4.69, 9.17) is 14.6 Å². The van der Waals surface area contributed by atoms with Crippen LogP contribution in [0, 0.1) is 0 Å².